The van der Waals surface area contributed by atoms with Crippen LogP contribution in [0.25, 0.3) is 0 Å². The van der Waals surface area contributed by atoms with Gasteiger partial charge < -0.3 is 9.80 Å². The van der Waals surface area contributed by atoms with Gasteiger partial charge in [0, 0.05) is 45.3 Å². The summed E-state index contributed by atoms with van der Waals surface area (Å²) in [5.41, 5.74) is 22.7. The number of hydrogen-bond acceptors (Lipinski definition) is 3. The molecule has 0 saturated heterocycles. The highest BCUT2D eigenvalue weighted by molar-refractivity contribution is 8.06. The van der Waals surface area contributed by atoms with E-state index in [-0.39, 0.29) is 44.6 Å². The summed E-state index contributed by atoms with van der Waals surface area (Å²) >= 11 is 2.28. The summed E-state index contributed by atoms with van der Waals surface area (Å²) in [5, 5.41) is 0.509. The molecular weight excluding hydrogens is 768 g/mol. The fraction of sp³-hybridized carbons (Fsp3) is 0.552. The highest BCUT2D eigenvalue weighted by Crippen LogP contribution is 2.66. The van der Waals surface area contributed by atoms with E-state index < -0.39 is 0 Å². The molecule has 1 saturated carbocycles. The molecule has 0 radical (unpaired) electrons. The molecule has 3 aliphatic heterocycles. The second kappa shape index (κ2) is 13.1. The smallest absolute Gasteiger partial charge is 0.259 e. The Labute approximate surface area is 381 Å². The van der Waals surface area contributed by atoms with E-state index in [4.69, 9.17) is 0 Å². The Hall–Kier alpha value is -3.37. The van der Waals surface area contributed by atoms with Crippen molar-refractivity contribution in [2.24, 2.45) is 16.7 Å². The first-order valence-electron chi connectivity index (χ1n) is 24.3. The van der Waals surface area contributed by atoms with Crippen LogP contribution in [0.4, 0.5) is 28.4 Å². The Balaban J connectivity index is 1.34. The Kier molecular flexibility index (Phi) is 9.02. The molecule has 1 fully saturated rings. The van der Waals surface area contributed by atoms with Gasteiger partial charge in [0.2, 0.25) is 0 Å². The lowest BCUT2D eigenvalue weighted by Gasteiger charge is -2.52. The molecule has 0 bridgehead atoms. The number of anilines is 5. The number of rotatable bonds is 2. The second-order valence-electron chi connectivity index (χ2n) is 26.0. The Morgan fingerprint density at radius 1 is 0.581 bits per heavy atom. The molecule has 3 heterocycles. The normalized spacial score (nSPS) is 25.3. The minimum Gasteiger partial charge on any atom is -0.314 e. The Bertz CT molecular complexity index is 2590. The van der Waals surface area contributed by atoms with Gasteiger partial charge in [-0.2, -0.15) is 0 Å². The Morgan fingerprint density at radius 2 is 1.13 bits per heavy atom. The van der Waals surface area contributed by atoms with E-state index in [1.807, 2.05) is 0 Å². The number of fused-ring (bicyclic) bond motifs is 8. The zero-order valence-electron chi connectivity index (χ0n) is 41.6. The molecule has 4 aromatic carbocycles. The Morgan fingerprint density at radius 3 is 1.74 bits per heavy atom. The van der Waals surface area contributed by atoms with Crippen molar-refractivity contribution in [2.75, 3.05) is 9.80 Å². The third-order valence-corrected chi connectivity index (χ3v) is 19.5. The number of allylic oxidation sites excluding steroid dienone is 1. The van der Waals surface area contributed by atoms with Gasteiger partial charge in [0.05, 0.1) is 0 Å². The first kappa shape index (κ1) is 42.6. The van der Waals surface area contributed by atoms with Gasteiger partial charge in [0.15, 0.2) is 0 Å². The third-order valence-electron chi connectivity index (χ3n) is 17.6. The van der Waals surface area contributed by atoms with Gasteiger partial charge in [0.1, 0.15) is 0 Å². The lowest BCUT2D eigenvalue weighted by molar-refractivity contribution is 0.0881. The molecule has 2 atom stereocenters. The molecule has 10 rings (SSSR count). The van der Waals surface area contributed by atoms with Gasteiger partial charge in [-0.05, 0) is 175 Å². The van der Waals surface area contributed by atoms with Gasteiger partial charge in [-0.3, -0.25) is 0 Å². The van der Waals surface area contributed by atoms with Crippen molar-refractivity contribution >= 4 is 57.8 Å². The number of aryl methyl sites for hydroxylation is 2. The second-order valence-corrected chi connectivity index (χ2v) is 27.2. The molecule has 6 aliphatic rings. The van der Waals surface area contributed by atoms with Crippen molar-refractivity contribution in [1.29, 1.82) is 0 Å². The van der Waals surface area contributed by atoms with Gasteiger partial charge in [-0.15, -0.1) is 11.8 Å². The molecule has 2 nitrogen and oxygen atoms in total. The van der Waals surface area contributed by atoms with Crippen molar-refractivity contribution in [3.63, 3.8) is 0 Å². The number of nitrogens with zero attached hydrogens (tertiary/aromatic N) is 2. The SMILES string of the molecule is Cc1cc2c3c(c1)N(c1cc4c(cc1C)C(C)(C)CCC4(C)C)c1c(ccc4c1C(C)(C)CCC4(C)C)B3C1=C(C3C(S1)C(C)(C)CCC3(C)C)N2c1ccc(C(C)(C)C)cc1. The van der Waals surface area contributed by atoms with Crippen molar-refractivity contribution in [3.8, 4) is 0 Å². The minimum absolute atomic E-state index is 0.0233. The molecule has 4 aromatic rings. The largest absolute Gasteiger partial charge is 0.314 e. The van der Waals surface area contributed by atoms with E-state index in [2.05, 4.69) is 200 Å². The third kappa shape index (κ3) is 6.02. The van der Waals surface area contributed by atoms with Crippen LogP contribution in [0.5, 0.6) is 0 Å². The minimum atomic E-state index is 0.0233. The van der Waals surface area contributed by atoms with Gasteiger partial charge in [-0.25, -0.2) is 0 Å². The summed E-state index contributed by atoms with van der Waals surface area (Å²) in [5.74, 6) is 0.439. The lowest BCUT2D eigenvalue weighted by Crippen LogP contribution is -2.57. The van der Waals surface area contributed by atoms with Crippen LogP contribution in [0.3, 0.4) is 0 Å². The van der Waals surface area contributed by atoms with Gasteiger partial charge >= 0.3 is 0 Å². The van der Waals surface area contributed by atoms with E-state index in [1.54, 1.807) is 27.2 Å². The summed E-state index contributed by atoms with van der Waals surface area (Å²) in [7, 11) is 0. The molecule has 2 unspecified atom stereocenters. The van der Waals surface area contributed by atoms with Crippen LogP contribution in [-0.4, -0.2) is 12.0 Å². The first-order valence-corrected chi connectivity index (χ1v) is 25.1. The van der Waals surface area contributed by atoms with Gasteiger partial charge in [-0.1, -0.05) is 134 Å². The molecular formula is C58H75BN2S. The number of hydrogen-bond donors (Lipinski definition) is 0. The molecule has 326 valence electrons. The maximum atomic E-state index is 2.83. The molecule has 62 heavy (non-hydrogen) atoms. The van der Waals surface area contributed by atoms with Crippen LogP contribution in [0.1, 0.15) is 181 Å². The zero-order valence-corrected chi connectivity index (χ0v) is 42.4. The lowest BCUT2D eigenvalue weighted by atomic mass is 9.35. The topological polar surface area (TPSA) is 6.48 Å². The summed E-state index contributed by atoms with van der Waals surface area (Å²) in [6.07, 6.45) is 7.33. The summed E-state index contributed by atoms with van der Waals surface area (Å²) in [6.45, 7) is 42.4. The van der Waals surface area contributed by atoms with Gasteiger partial charge in [0.25, 0.3) is 6.71 Å². The van der Waals surface area contributed by atoms with Crippen molar-refractivity contribution < 1.29 is 0 Å². The van der Waals surface area contributed by atoms with Crippen molar-refractivity contribution in [2.45, 2.75) is 189 Å². The van der Waals surface area contributed by atoms with Crippen LogP contribution in [0.15, 0.2) is 71.2 Å². The van der Waals surface area contributed by atoms with Crippen LogP contribution < -0.4 is 20.7 Å². The van der Waals surface area contributed by atoms with E-state index in [0.717, 1.165) is 0 Å². The van der Waals surface area contributed by atoms with Crippen LogP contribution in [-0.2, 0) is 27.1 Å². The average Bonchev–Trinajstić information content (AvgIpc) is 3.60. The first-order chi connectivity index (χ1) is 28.7. The average molecular weight is 843 g/mol. The highest BCUT2D eigenvalue weighted by Gasteiger charge is 2.60. The van der Waals surface area contributed by atoms with E-state index in [9.17, 15) is 0 Å². The molecule has 0 aromatic heterocycles. The zero-order chi connectivity index (χ0) is 44.6. The summed E-state index contributed by atoms with van der Waals surface area (Å²) in [4.78, 5) is 7.24. The van der Waals surface area contributed by atoms with Crippen LogP contribution in [0, 0.1) is 30.6 Å². The molecule has 0 amide bonds. The predicted octanol–water partition coefficient (Wildman–Crippen LogP) is 15.2. The fourth-order valence-electron chi connectivity index (χ4n) is 13.3. The molecule has 0 N–H and O–H groups in total. The van der Waals surface area contributed by atoms with Crippen LogP contribution >= 0.6 is 11.8 Å². The maximum Gasteiger partial charge on any atom is 0.259 e. The molecule has 4 heteroatoms. The standard InChI is InChI=1S/C58H75BN2S/c1-34-30-43-47-44(31-34)61(42-33-40-39(32-35(42)2)54(8,9)24-25-55(40,10)11)48-41(23-22-38-45(48)56(12,13)27-26-53(38,6)7)59(47)51-49(46-50(62-51)58(16,17)29-28-57(46,14)15)60(43)37-20-18-36(19-21-37)52(3,4)5/h18-23,30-33,46,50H,24-29H2,1-17H3. The monoisotopic (exact) mass is 843 g/mol. The highest BCUT2D eigenvalue weighted by atomic mass is 32.2. The quantitative estimate of drug-likeness (QED) is 0.186. The maximum absolute atomic E-state index is 2.83. The van der Waals surface area contributed by atoms with Crippen molar-refractivity contribution in [3.05, 3.63) is 110 Å². The van der Waals surface area contributed by atoms with E-state index in [0.29, 0.717) is 11.2 Å². The fourth-order valence-corrected chi connectivity index (χ4v) is 15.3. The van der Waals surface area contributed by atoms with Crippen molar-refractivity contribution in [1.82, 2.24) is 0 Å². The number of thioether (sulfide) groups is 1. The van der Waals surface area contributed by atoms with Crippen LogP contribution in [0.2, 0.25) is 0 Å². The van der Waals surface area contributed by atoms with E-state index >= 15 is 0 Å². The predicted molar refractivity (Wildman–Crippen MR) is 272 cm³/mol. The molecule has 3 aliphatic carbocycles. The summed E-state index contributed by atoms with van der Waals surface area (Å²) < 4.78 is 0. The van der Waals surface area contributed by atoms with E-state index in [1.165, 1.54) is 100 Å². The number of benzene rings is 4. The summed E-state index contributed by atoms with van der Waals surface area (Å²) in [6, 6.07) is 25.4. The molecule has 0 spiro atoms.